The van der Waals surface area contributed by atoms with Crippen molar-refractivity contribution >= 4 is 11.4 Å². The third-order valence-corrected chi connectivity index (χ3v) is 3.59. The topological polar surface area (TPSA) is 17.1 Å². The van der Waals surface area contributed by atoms with Crippen LogP contribution in [0.2, 0.25) is 0 Å². The fourth-order valence-corrected chi connectivity index (χ4v) is 2.60. The van der Waals surface area contributed by atoms with Crippen molar-refractivity contribution in [1.82, 2.24) is 0 Å². The van der Waals surface area contributed by atoms with Gasteiger partial charge >= 0.3 is 0 Å². The van der Waals surface area contributed by atoms with E-state index in [9.17, 15) is 4.79 Å². The number of ketones is 1. The third kappa shape index (κ3) is 2.77. The van der Waals surface area contributed by atoms with Crippen LogP contribution >= 0.6 is 0 Å². The van der Waals surface area contributed by atoms with Crippen LogP contribution in [0.25, 0.3) is 5.57 Å². The quantitative estimate of drug-likeness (QED) is 0.782. The van der Waals surface area contributed by atoms with E-state index >= 15 is 0 Å². The minimum atomic E-state index is 0.0525. The molecule has 1 aliphatic rings. The van der Waals surface area contributed by atoms with Crippen molar-refractivity contribution in [3.8, 4) is 0 Å². The van der Waals surface area contributed by atoms with Crippen molar-refractivity contribution in [2.45, 2.75) is 6.92 Å². The number of rotatable bonds is 2. The van der Waals surface area contributed by atoms with E-state index in [2.05, 4.69) is 24.3 Å². The number of hydrogen-bond donors (Lipinski definition) is 0. The predicted molar refractivity (Wildman–Crippen MR) is 86.8 cm³/mol. The van der Waals surface area contributed by atoms with Crippen LogP contribution in [-0.2, 0) is 4.79 Å². The molecule has 1 aliphatic carbocycles. The number of carbonyl (C=O) groups is 1. The number of allylic oxidation sites excluding steroid dienone is 5. The monoisotopic (exact) mass is 272 g/mol. The second kappa shape index (κ2) is 5.76. The summed E-state index contributed by atoms with van der Waals surface area (Å²) < 4.78 is 0. The average Bonchev–Trinajstić information content (AvgIpc) is 2.52. The standard InChI is InChI=1S/C20H16O/c1-15-14-18(21)12-13-19(15)20(16-8-4-2-5-9-16)17-10-6-3-7-11-17/h2-14H,1H3. The van der Waals surface area contributed by atoms with Crippen molar-refractivity contribution in [3.63, 3.8) is 0 Å². The smallest absolute Gasteiger partial charge is 0.178 e. The molecule has 0 aromatic heterocycles. The van der Waals surface area contributed by atoms with Crippen molar-refractivity contribution < 1.29 is 4.79 Å². The molecule has 0 radical (unpaired) electrons. The Kier molecular flexibility index (Phi) is 3.65. The number of hydrogen-bond acceptors (Lipinski definition) is 1. The van der Waals surface area contributed by atoms with Gasteiger partial charge in [0.05, 0.1) is 0 Å². The van der Waals surface area contributed by atoms with Gasteiger partial charge in [0.25, 0.3) is 0 Å². The zero-order chi connectivity index (χ0) is 14.7. The lowest BCUT2D eigenvalue weighted by Crippen LogP contribution is -2.01. The fourth-order valence-electron chi connectivity index (χ4n) is 2.60. The van der Waals surface area contributed by atoms with Gasteiger partial charge in [0.2, 0.25) is 0 Å². The van der Waals surface area contributed by atoms with Crippen LogP contribution < -0.4 is 0 Å². The Labute approximate surface area is 124 Å². The first-order valence-corrected chi connectivity index (χ1v) is 7.01. The molecular formula is C20H16O. The number of benzene rings is 2. The molecule has 0 N–H and O–H groups in total. The van der Waals surface area contributed by atoms with E-state index in [0.29, 0.717) is 0 Å². The summed E-state index contributed by atoms with van der Waals surface area (Å²) >= 11 is 0. The molecular weight excluding hydrogens is 256 g/mol. The van der Waals surface area contributed by atoms with Gasteiger partial charge in [0.15, 0.2) is 5.78 Å². The molecule has 0 heterocycles. The Morgan fingerprint density at radius 1 is 0.762 bits per heavy atom. The van der Waals surface area contributed by atoms with Gasteiger partial charge in [-0.25, -0.2) is 0 Å². The highest BCUT2D eigenvalue weighted by Gasteiger charge is 2.14. The summed E-state index contributed by atoms with van der Waals surface area (Å²) in [6.07, 6.45) is 5.25. The molecule has 0 fully saturated rings. The Bertz CT molecular complexity index is 705. The van der Waals surface area contributed by atoms with Crippen LogP contribution in [0.4, 0.5) is 0 Å². The van der Waals surface area contributed by atoms with Crippen molar-refractivity contribution in [3.05, 3.63) is 101 Å². The summed E-state index contributed by atoms with van der Waals surface area (Å²) in [4.78, 5) is 11.5. The summed E-state index contributed by atoms with van der Waals surface area (Å²) in [5.74, 6) is 0.0525. The van der Waals surface area contributed by atoms with E-state index in [-0.39, 0.29) is 5.78 Å². The van der Waals surface area contributed by atoms with Gasteiger partial charge in [0, 0.05) is 0 Å². The zero-order valence-corrected chi connectivity index (χ0v) is 11.9. The molecule has 0 saturated heterocycles. The molecule has 2 aromatic carbocycles. The maximum atomic E-state index is 11.5. The molecule has 0 spiro atoms. The minimum Gasteiger partial charge on any atom is -0.290 e. The summed E-state index contributed by atoms with van der Waals surface area (Å²) in [6.45, 7) is 1.99. The summed E-state index contributed by atoms with van der Waals surface area (Å²) in [7, 11) is 0. The van der Waals surface area contributed by atoms with Gasteiger partial charge in [-0.1, -0.05) is 66.7 Å². The van der Waals surface area contributed by atoms with Gasteiger partial charge < -0.3 is 0 Å². The third-order valence-electron chi connectivity index (χ3n) is 3.59. The van der Waals surface area contributed by atoms with E-state index in [1.807, 2.05) is 49.4 Å². The lowest BCUT2D eigenvalue weighted by atomic mass is 9.87. The summed E-state index contributed by atoms with van der Waals surface area (Å²) in [5, 5.41) is 0. The molecule has 1 heteroatoms. The highest BCUT2D eigenvalue weighted by molar-refractivity contribution is 6.04. The van der Waals surface area contributed by atoms with Gasteiger partial charge in [-0.3, -0.25) is 4.79 Å². The predicted octanol–water partition coefficient (Wildman–Crippen LogP) is 4.57. The van der Waals surface area contributed by atoms with Gasteiger partial charge in [-0.05, 0) is 46.9 Å². The van der Waals surface area contributed by atoms with E-state index in [4.69, 9.17) is 0 Å². The maximum absolute atomic E-state index is 11.5. The van der Waals surface area contributed by atoms with Crippen molar-refractivity contribution in [2.75, 3.05) is 0 Å². The molecule has 102 valence electrons. The highest BCUT2D eigenvalue weighted by Crippen LogP contribution is 2.32. The molecule has 0 unspecified atom stereocenters. The van der Waals surface area contributed by atoms with Gasteiger partial charge in [0.1, 0.15) is 0 Å². The normalized spacial score (nSPS) is 14.0. The Morgan fingerprint density at radius 3 is 1.76 bits per heavy atom. The van der Waals surface area contributed by atoms with Crippen LogP contribution in [0.3, 0.4) is 0 Å². The Balaban J connectivity index is 2.26. The average molecular weight is 272 g/mol. The first-order valence-electron chi connectivity index (χ1n) is 7.01. The molecule has 0 aliphatic heterocycles. The lowest BCUT2D eigenvalue weighted by Gasteiger charge is -2.16. The van der Waals surface area contributed by atoms with E-state index < -0.39 is 0 Å². The second-order valence-electron chi connectivity index (χ2n) is 5.08. The molecule has 1 nitrogen and oxygen atoms in total. The highest BCUT2D eigenvalue weighted by atomic mass is 16.1. The molecule has 0 saturated carbocycles. The summed E-state index contributed by atoms with van der Waals surface area (Å²) in [6, 6.07) is 20.6. The van der Waals surface area contributed by atoms with Crippen LogP contribution in [0.1, 0.15) is 18.1 Å². The Hall–Kier alpha value is -2.67. The largest absolute Gasteiger partial charge is 0.290 e. The van der Waals surface area contributed by atoms with Crippen molar-refractivity contribution in [2.24, 2.45) is 0 Å². The zero-order valence-electron chi connectivity index (χ0n) is 11.9. The number of carbonyl (C=O) groups excluding carboxylic acids is 1. The molecule has 3 rings (SSSR count). The van der Waals surface area contributed by atoms with Crippen LogP contribution in [0.15, 0.2) is 90.0 Å². The first kappa shape index (κ1) is 13.3. The molecule has 0 amide bonds. The molecule has 0 atom stereocenters. The minimum absolute atomic E-state index is 0.0525. The maximum Gasteiger partial charge on any atom is 0.178 e. The molecule has 2 aromatic rings. The van der Waals surface area contributed by atoms with E-state index in [0.717, 1.165) is 27.8 Å². The lowest BCUT2D eigenvalue weighted by molar-refractivity contribution is -0.110. The van der Waals surface area contributed by atoms with Crippen LogP contribution in [-0.4, -0.2) is 5.78 Å². The van der Waals surface area contributed by atoms with Crippen LogP contribution in [0, 0.1) is 0 Å². The van der Waals surface area contributed by atoms with Gasteiger partial charge in [-0.15, -0.1) is 0 Å². The SMILES string of the molecule is CC1=CC(=O)C=CC1=C(c1ccccc1)c1ccccc1. The molecule has 21 heavy (non-hydrogen) atoms. The van der Waals surface area contributed by atoms with E-state index in [1.54, 1.807) is 12.2 Å². The second-order valence-corrected chi connectivity index (χ2v) is 5.08. The fraction of sp³-hybridized carbons (Fsp3) is 0.0500. The van der Waals surface area contributed by atoms with Crippen LogP contribution in [0.5, 0.6) is 0 Å². The van der Waals surface area contributed by atoms with E-state index in [1.165, 1.54) is 0 Å². The first-order chi connectivity index (χ1) is 10.3. The molecule has 0 bridgehead atoms. The van der Waals surface area contributed by atoms with Crippen molar-refractivity contribution in [1.29, 1.82) is 0 Å². The van der Waals surface area contributed by atoms with Gasteiger partial charge in [-0.2, -0.15) is 0 Å². The Morgan fingerprint density at radius 2 is 1.29 bits per heavy atom. The summed E-state index contributed by atoms with van der Waals surface area (Å²) in [5.41, 5.74) is 5.59.